The molecule has 1 aromatic rings. The Kier molecular flexibility index (Phi) is 5.37. The number of nitrogens with two attached hydrogens (primary N) is 1. The zero-order chi connectivity index (χ0) is 15.4. The van der Waals surface area contributed by atoms with Gasteiger partial charge in [-0.3, -0.25) is 9.69 Å². The molecule has 0 bridgehead atoms. The maximum Gasteiger partial charge on any atom is 0.238 e. The molecule has 1 aliphatic rings. The highest BCUT2D eigenvalue weighted by Crippen LogP contribution is 2.23. The van der Waals surface area contributed by atoms with E-state index in [0.717, 1.165) is 25.2 Å². The summed E-state index contributed by atoms with van der Waals surface area (Å²) in [5.74, 6) is 0.988. The number of piperidine rings is 1. The Labute approximate surface area is 127 Å². The third-order valence-corrected chi connectivity index (χ3v) is 4.32. The van der Waals surface area contributed by atoms with Gasteiger partial charge in [-0.2, -0.15) is 0 Å². The second kappa shape index (κ2) is 7.05. The van der Waals surface area contributed by atoms with E-state index in [1.165, 1.54) is 5.56 Å². The number of nitrogens with zero attached hydrogens (tertiary/aromatic N) is 1. The summed E-state index contributed by atoms with van der Waals surface area (Å²) in [6, 6.07) is 8.18. The second-order valence-corrected chi connectivity index (χ2v) is 6.46. The minimum Gasteiger partial charge on any atom is -0.326 e. The van der Waals surface area contributed by atoms with Crippen molar-refractivity contribution in [1.29, 1.82) is 0 Å². The summed E-state index contributed by atoms with van der Waals surface area (Å²) in [4.78, 5) is 14.4. The molecule has 1 heterocycles. The monoisotopic (exact) mass is 289 g/mol. The summed E-state index contributed by atoms with van der Waals surface area (Å²) in [6.45, 7) is 8.63. The Morgan fingerprint density at radius 3 is 2.81 bits per heavy atom. The number of carbonyl (C=O) groups is 1. The zero-order valence-electron chi connectivity index (χ0n) is 13.3. The minimum absolute atomic E-state index is 0.0462. The van der Waals surface area contributed by atoms with Gasteiger partial charge in [-0.05, 0) is 36.4 Å². The van der Waals surface area contributed by atoms with Crippen LogP contribution in [-0.4, -0.2) is 36.5 Å². The van der Waals surface area contributed by atoms with E-state index in [0.29, 0.717) is 18.4 Å². The first kappa shape index (κ1) is 16.0. The molecule has 4 heteroatoms. The van der Waals surface area contributed by atoms with Crippen LogP contribution >= 0.6 is 0 Å². The highest BCUT2D eigenvalue weighted by atomic mass is 16.2. The van der Waals surface area contributed by atoms with Gasteiger partial charge in [-0.25, -0.2) is 0 Å². The standard InChI is InChI=1S/C17H27N3O/c1-12(2)14-6-4-5-7-16(14)19-17(21)11-20-9-8-13(3)15(18)10-20/h4-7,12-13,15H,8-11,18H2,1-3H3,(H,19,21). The van der Waals surface area contributed by atoms with Gasteiger partial charge >= 0.3 is 0 Å². The predicted octanol–water partition coefficient (Wildman–Crippen LogP) is 2.42. The lowest BCUT2D eigenvalue weighted by Crippen LogP contribution is -2.49. The van der Waals surface area contributed by atoms with E-state index in [9.17, 15) is 4.79 Å². The Morgan fingerprint density at radius 2 is 2.14 bits per heavy atom. The highest BCUT2D eigenvalue weighted by Gasteiger charge is 2.24. The molecule has 1 fully saturated rings. The van der Waals surface area contributed by atoms with Crippen molar-refractivity contribution in [3.8, 4) is 0 Å². The van der Waals surface area contributed by atoms with Crippen LogP contribution in [-0.2, 0) is 4.79 Å². The third-order valence-electron chi connectivity index (χ3n) is 4.32. The molecule has 1 amide bonds. The summed E-state index contributed by atoms with van der Waals surface area (Å²) in [6.07, 6.45) is 1.07. The average molecular weight is 289 g/mol. The fourth-order valence-corrected chi connectivity index (χ4v) is 2.82. The maximum absolute atomic E-state index is 12.3. The molecular formula is C17H27N3O. The van der Waals surface area contributed by atoms with Gasteiger partial charge in [0.05, 0.1) is 6.54 Å². The first-order valence-electron chi connectivity index (χ1n) is 7.84. The van der Waals surface area contributed by atoms with Crippen LogP contribution in [0.15, 0.2) is 24.3 Å². The van der Waals surface area contributed by atoms with Crippen molar-refractivity contribution in [2.24, 2.45) is 11.7 Å². The van der Waals surface area contributed by atoms with E-state index in [1.54, 1.807) is 0 Å². The van der Waals surface area contributed by atoms with Crippen LogP contribution in [0.25, 0.3) is 0 Å². The van der Waals surface area contributed by atoms with Gasteiger partial charge in [-0.1, -0.05) is 39.0 Å². The van der Waals surface area contributed by atoms with E-state index in [2.05, 4.69) is 37.1 Å². The molecule has 0 saturated carbocycles. The molecule has 21 heavy (non-hydrogen) atoms. The summed E-state index contributed by atoms with van der Waals surface area (Å²) >= 11 is 0. The number of hydrogen-bond acceptors (Lipinski definition) is 3. The molecule has 4 nitrogen and oxygen atoms in total. The number of anilines is 1. The van der Waals surface area contributed by atoms with Crippen molar-refractivity contribution >= 4 is 11.6 Å². The Bertz CT molecular complexity index is 487. The molecule has 1 saturated heterocycles. The molecule has 2 rings (SSSR count). The quantitative estimate of drug-likeness (QED) is 0.895. The summed E-state index contributed by atoms with van der Waals surface area (Å²) in [7, 11) is 0. The first-order chi connectivity index (χ1) is 9.97. The van der Waals surface area contributed by atoms with Gasteiger partial charge in [0.2, 0.25) is 5.91 Å². The molecule has 0 radical (unpaired) electrons. The normalized spacial score (nSPS) is 23.3. The molecule has 116 valence electrons. The van der Waals surface area contributed by atoms with Crippen molar-refractivity contribution < 1.29 is 4.79 Å². The van der Waals surface area contributed by atoms with Gasteiger partial charge in [0.1, 0.15) is 0 Å². The van der Waals surface area contributed by atoms with Crippen molar-refractivity contribution in [2.75, 3.05) is 25.0 Å². The van der Waals surface area contributed by atoms with Crippen molar-refractivity contribution in [3.63, 3.8) is 0 Å². The second-order valence-electron chi connectivity index (χ2n) is 6.46. The summed E-state index contributed by atoms with van der Waals surface area (Å²) < 4.78 is 0. The van der Waals surface area contributed by atoms with Gasteiger partial charge in [0.15, 0.2) is 0 Å². The average Bonchev–Trinajstić information content (AvgIpc) is 2.43. The molecule has 0 aromatic heterocycles. The van der Waals surface area contributed by atoms with E-state index in [-0.39, 0.29) is 11.9 Å². The Morgan fingerprint density at radius 1 is 1.43 bits per heavy atom. The number of rotatable bonds is 4. The molecule has 2 atom stereocenters. The van der Waals surface area contributed by atoms with Gasteiger partial charge < -0.3 is 11.1 Å². The number of carbonyl (C=O) groups excluding carboxylic acids is 1. The Hall–Kier alpha value is -1.39. The summed E-state index contributed by atoms with van der Waals surface area (Å²) in [5, 5.41) is 3.04. The van der Waals surface area contributed by atoms with Crippen LogP contribution in [0.1, 0.15) is 38.7 Å². The lowest BCUT2D eigenvalue weighted by atomic mass is 9.94. The largest absolute Gasteiger partial charge is 0.326 e. The maximum atomic E-state index is 12.3. The van der Waals surface area contributed by atoms with Gasteiger partial charge in [0, 0.05) is 18.3 Å². The van der Waals surface area contributed by atoms with E-state index >= 15 is 0 Å². The number of amides is 1. The number of nitrogens with one attached hydrogen (secondary N) is 1. The van der Waals surface area contributed by atoms with Crippen LogP contribution in [0.2, 0.25) is 0 Å². The van der Waals surface area contributed by atoms with E-state index < -0.39 is 0 Å². The molecule has 0 spiro atoms. The van der Waals surface area contributed by atoms with Crippen LogP contribution in [0.5, 0.6) is 0 Å². The molecule has 1 aliphatic heterocycles. The molecular weight excluding hydrogens is 262 g/mol. The van der Waals surface area contributed by atoms with Crippen LogP contribution < -0.4 is 11.1 Å². The van der Waals surface area contributed by atoms with Crippen molar-refractivity contribution in [2.45, 2.75) is 39.2 Å². The molecule has 1 aromatic carbocycles. The predicted molar refractivity (Wildman–Crippen MR) is 87.4 cm³/mol. The van der Waals surface area contributed by atoms with Crippen LogP contribution in [0.4, 0.5) is 5.69 Å². The van der Waals surface area contributed by atoms with Crippen molar-refractivity contribution in [3.05, 3.63) is 29.8 Å². The smallest absolute Gasteiger partial charge is 0.238 e. The zero-order valence-corrected chi connectivity index (χ0v) is 13.3. The first-order valence-corrected chi connectivity index (χ1v) is 7.84. The lowest BCUT2D eigenvalue weighted by molar-refractivity contribution is -0.117. The lowest BCUT2D eigenvalue weighted by Gasteiger charge is -2.34. The van der Waals surface area contributed by atoms with Crippen LogP contribution in [0, 0.1) is 5.92 Å². The van der Waals surface area contributed by atoms with E-state index in [4.69, 9.17) is 5.73 Å². The van der Waals surface area contributed by atoms with Crippen molar-refractivity contribution in [1.82, 2.24) is 4.90 Å². The molecule has 2 unspecified atom stereocenters. The SMILES string of the molecule is CC(C)c1ccccc1NC(=O)CN1CCC(C)C(N)C1. The number of benzene rings is 1. The van der Waals surface area contributed by atoms with E-state index in [1.807, 2.05) is 18.2 Å². The topological polar surface area (TPSA) is 58.4 Å². The summed E-state index contributed by atoms with van der Waals surface area (Å²) in [5.41, 5.74) is 8.19. The molecule has 3 N–H and O–H groups in total. The fourth-order valence-electron chi connectivity index (χ4n) is 2.82. The number of likely N-dealkylation sites (tertiary alicyclic amines) is 1. The number of hydrogen-bond donors (Lipinski definition) is 2. The molecule has 0 aliphatic carbocycles. The number of para-hydroxylation sites is 1. The Balaban J connectivity index is 1.93. The minimum atomic E-state index is 0.0462. The fraction of sp³-hybridized carbons (Fsp3) is 0.588. The van der Waals surface area contributed by atoms with Gasteiger partial charge in [0.25, 0.3) is 0 Å². The van der Waals surface area contributed by atoms with Gasteiger partial charge in [-0.15, -0.1) is 0 Å². The van der Waals surface area contributed by atoms with Crippen LogP contribution in [0.3, 0.4) is 0 Å². The third kappa shape index (κ3) is 4.29. The highest BCUT2D eigenvalue weighted by molar-refractivity contribution is 5.93.